The van der Waals surface area contributed by atoms with E-state index in [4.69, 9.17) is 4.42 Å². The van der Waals surface area contributed by atoms with Gasteiger partial charge in [-0.15, -0.1) is 0 Å². The number of nitrogens with one attached hydrogen (secondary N) is 1. The van der Waals surface area contributed by atoms with Crippen LogP contribution in [0.25, 0.3) is 0 Å². The van der Waals surface area contributed by atoms with Crippen LogP contribution in [0.3, 0.4) is 0 Å². The Balaban J connectivity index is 1.92. The predicted octanol–water partition coefficient (Wildman–Crippen LogP) is 4.01. The van der Waals surface area contributed by atoms with E-state index < -0.39 is 0 Å². The van der Waals surface area contributed by atoms with Crippen LogP contribution < -0.4 is 5.32 Å². The second-order valence-electron chi connectivity index (χ2n) is 5.07. The Kier molecular flexibility index (Phi) is 4.38. The van der Waals surface area contributed by atoms with Crippen LogP contribution in [0.4, 0.5) is 4.39 Å². The van der Waals surface area contributed by atoms with Gasteiger partial charge in [-0.3, -0.25) is 0 Å². The fourth-order valence-corrected chi connectivity index (χ4v) is 2.27. The second-order valence-corrected chi connectivity index (χ2v) is 5.07. The summed E-state index contributed by atoms with van der Waals surface area (Å²) in [5.41, 5.74) is 1.00. The summed E-state index contributed by atoms with van der Waals surface area (Å²) in [4.78, 5) is 0. The molecule has 1 N–H and O–H groups in total. The number of aryl methyl sites for hydroxylation is 1. The molecule has 0 aliphatic rings. The Bertz CT molecular complexity index is 535. The Morgan fingerprint density at radius 3 is 2.63 bits per heavy atom. The monoisotopic (exact) mass is 261 g/mol. The largest absolute Gasteiger partial charge is 0.465 e. The quantitative estimate of drug-likeness (QED) is 0.879. The van der Waals surface area contributed by atoms with Crippen LogP contribution >= 0.6 is 0 Å². The summed E-state index contributed by atoms with van der Waals surface area (Å²) < 4.78 is 18.7. The van der Waals surface area contributed by atoms with Crippen molar-refractivity contribution in [1.29, 1.82) is 0 Å². The molecule has 1 aromatic heterocycles. The van der Waals surface area contributed by atoms with Gasteiger partial charge in [0.15, 0.2) is 0 Å². The van der Waals surface area contributed by atoms with Gasteiger partial charge in [-0.05, 0) is 57.0 Å². The summed E-state index contributed by atoms with van der Waals surface area (Å²) in [6, 6.07) is 11.1. The first kappa shape index (κ1) is 13.8. The molecule has 1 heterocycles. The number of hydrogen-bond acceptors (Lipinski definition) is 2. The van der Waals surface area contributed by atoms with Crippen molar-refractivity contribution in [2.45, 2.75) is 39.3 Å². The van der Waals surface area contributed by atoms with Gasteiger partial charge in [0.1, 0.15) is 17.3 Å². The second kappa shape index (κ2) is 6.02. The zero-order chi connectivity index (χ0) is 13.8. The summed E-state index contributed by atoms with van der Waals surface area (Å²) >= 11 is 0. The molecule has 2 aromatic rings. The molecule has 0 bridgehead atoms. The van der Waals surface area contributed by atoms with E-state index in [1.807, 2.05) is 25.1 Å². The maximum Gasteiger partial charge on any atom is 0.123 e. The van der Waals surface area contributed by atoms with Crippen molar-refractivity contribution >= 4 is 0 Å². The normalized spacial score (nSPS) is 14.3. The van der Waals surface area contributed by atoms with Crippen molar-refractivity contribution in [3.63, 3.8) is 0 Å². The van der Waals surface area contributed by atoms with E-state index in [0.29, 0.717) is 0 Å². The first-order valence-electron chi connectivity index (χ1n) is 6.61. The minimum atomic E-state index is -0.181. The molecule has 2 atom stereocenters. The summed E-state index contributed by atoms with van der Waals surface area (Å²) in [7, 11) is 0. The highest BCUT2D eigenvalue weighted by molar-refractivity contribution is 5.17. The zero-order valence-electron chi connectivity index (χ0n) is 11.6. The average Bonchev–Trinajstić information content (AvgIpc) is 2.75. The molecule has 2 rings (SSSR count). The van der Waals surface area contributed by atoms with Gasteiger partial charge in [0.25, 0.3) is 0 Å². The topological polar surface area (TPSA) is 25.2 Å². The molecule has 2 unspecified atom stereocenters. The van der Waals surface area contributed by atoms with Crippen LogP contribution in [-0.4, -0.2) is 6.04 Å². The van der Waals surface area contributed by atoms with Gasteiger partial charge < -0.3 is 9.73 Å². The minimum absolute atomic E-state index is 0.150. The number of rotatable bonds is 5. The van der Waals surface area contributed by atoms with E-state index in [-0.39, 0.29) is 17.9 Å². The van der Waals surface area contributed by atoms with Gasteiger partial charge in [0, 0.05) is 6.04 Å². The predicted molar refractivity (Wildman–Crippen MR) is 74.6 cm³/mol. The highest BCUT2D eigenvalue weighted by atomic mass is 19.1. The van der Waals surface area contributed by atoms with Gasteiger partial charge in [-0.1, -0.05) is 12.1 Å². The van der Waals surface area contributed by atoms with E-state index in [1.54, 1.807) is 12.1 Å². The molecule has 19 heavy (non-hydrogen) atoms. The third-order valence-corrected chi connectivity index (χ3v) is 3.15. The fraction of sp³-hybridized carbons (Fsp3) is 0.375. The molecule has 0 aliphatic heterocycles. The third-order valence-electron chi connectivity index (χ3n) is 3.15. The van der Waals surface area contributed by atoms with Crippen molar-refractivity contribution in [3.05, 3.63) is 59.3 Å². The first-order valence-corrected chi connectivity index (χ1v) is 6.61. The fourth-order valence-electron chi connectivity index (χ4n) is 2.27. The van der Waals surface area contributed by atoms with Crippen molar-refractivity contribution in [2.24, 2.45) is 0 Å². The SMILES string of the molecule is Cc1ccc(C(C)NC(C)Cc2cccc(F)c2)o1. The summed E-state index contributed by atoms with van der Waals surface area (Å²) in [5, 5.41) is 3.46. The lowest BCUT2D eigenvalue weighted by Crippen LogP contribution is -2.30. The highest BCUT2D eigenvalue weighted by Crippen LogP contribution is 2.17. The first-order chi connectivity index (χ1) is 9.04. The molecule has 0 saturated heterocycles. The molecule has 0 radical (unpaired) electrons. The lowest BCUT2D eigenvalue weighted by atomic mass is 10.1. The molecule has 102 valence electrons. The molecule has 3 heteroatoms. The van der Waals surface area contributed by atoms with Crippen LogP contribution in [-0.2, 0) is 6.42 Å². The van der Waals surface area contributed by atoms with Crippen molar-refractivity contribution in [2.75, 3.05) is 0 Å². The number of halogens is 1. The lowest BCUT2D eigenvalue weighted by molar-refractivity contribution is 0.387. The lowest BCUT2D eigenvalue weighted by Gasteiger charge is -2.18. The van der Waals surface area contributed by atoms with E-state index in [0.717, 1.165) is 23.5 Å². The Labute approximate surface area is 113 Å². The standard InChI is InChI=1S/C16H20FNO/c1-11(9-14-5-4-6-15(17)10-14)18-13(3)16-8-7-12(2)19-16/h4-8,10-11,13,18H,9H2,1-3H3. The Hall–Kier alpha value is -1.61. The smallest absolute Gasteiger partial charge is 0.123 e. The Morgan fingerprint density at radius 1 is 1.21 bits per heavy atom. The summed E-state index contributed by atoms with van der Waals surface area (Å²) in [6.45, 7) is 6.10. The van der Waals surface area contributed by atoms with E-state index in [9.17, 15) is 4.39 Å². The van der Waals surface area contributed by atoms with Gasteiger partial charge in [0.2, 0.25) is 0 Å². The van der Waals surface area contributed by atoms with E-state index >= 15 is 0 Å². The molecule has 0 amide bonds. The molecule has 0 aliphatic carbocycles. The van der Waals surface area contributed by atoms with Crippen molar-refractivity contribution in [1.82, 2.24) is 5.32 Å². The van der Waals surface area contributed by atoms with Crippen molar-refractivity contribution < 1.29 is 8.81 Å². The number of benzene rings is 1. The maximum absolute atomic E-state index is 13.1. The number of hydrogen-bond donors (Lipinski definition) is 1. The van der Waals surface area contributed by atoms with E-state index in [1.165, 1.54) is 6.07 Å². The van der Waals surface area contributed by atoms with Crippen molar-refractivity contribution in [3.8, 4) is 0 Å². The van der Waals surface area contributed by atoms with Crippen LogP contribution in [0.2, 0.25) is 0 Å². The highest BCUT2D eigenvalue weighted by Gasteiger charge is 2.13. The van der Waals surface area contributed by atoms with Gasteiger partial charge in [-0.2, -0.15) is 0 Å². The van der Waals surface area contributed by atoms with Crippen LogP contribution in [0.15, 0.2) is 40.8 Å². The van der Waals surface area contributed by atoms with Crippen LogP contribution in [0, 0.1) is 12.7 Å². The minimum Gasteiger partial charge on any atom is -0.465 e. The molecule has 1 aromatic carbocycles. The maximum atomic E-state index is 13.1. The Morgan fingerprint density at radius 2 is 2.00 bits per heavy atom. The molecular formula is C16H20FNO. The number of furan rings is 1. The molecule has 0 saturated carbocycles. The average molecular weight is 261 g/mol. The van der Waals surface area contributed by atoms with Gasteiger partial charge in [0.05, 0.1) is 6.04 Å². The van der Waals surface area contributed by atoms with Crippen LogP contribution in [0.1, 0.15) is 37.0 Å². The van der Waals surface area contributed by atoms with Gasteiger partial charge in [-0.25, -0.2) is 4.39 Å². The molecule has 2 nitrogen and oxygen atoms in total. The molecule has 0 spiro atoms. The van der Waals surface area contributed by atoms with Gasteiger partial charge >= 0.3 is 0 Å². The molecular weight excluding hydrogens is 241 g/mol. The van der Waals surface area contributed by atoms with E-state index in [2.05, 4.69) is 19.2 Å². The summed E-state index contributed by atoms with van der Waals surface area (Å²) in [5.74, 6) is 1.67. The zero-order valence-corrected chi connectivity index (χ0v) is 11.6. The van der Waals surface area contributed by atoms with Crippen LogP contribution in [0.5, 0.6) is 0 Å². The summed E-state index contributed by atoms with van der Waals surface area (Å²) in [6.07, 6.45) is 0.793. The third kappa shape index (κ3) is 3.93. The molecule has 0 fully saturated rings.